The molecule has 1 aromatic heterocycles. The second-order valence-corrected chi connectivity index (χ2v) is 6.27. The quantitative estimate of drug-likeness (QED) is 0.503. The van der Waals surface area contributed by atoms with E-state index in [0.717, 1.165) is 11.3 Å². The molecule has 0 aliphatic rings. The number of nitrogens with zero attached hydrogens (tertiary/aromatic N) is 2. The highest BCUT2D eigenvalue weighted by Crippen LogP contribution is 2.27. The summed E-state index contributed by atoms with van der Waals surface area (Å²) in [7, 11) is 1.58. The largest absolute Gasteiger partial charge is 0.497 e. The smallest absolute Gasteiger partial charge is 0.354 e. The standard InChI is InChI=1S/C23H18N2O4/c1-28-18-13-9-17(10-14-18)25-22(23(26)27)15-21(24-25)16-7-11-20(12-8-16)29-19-5-3-2-4-6-19/h2-15H,1H3,(H,26,27). The fourth-order valence-electron chi connectivity index (χ4n) is 2.91. The lowest BCUT2D eigenvalue weighted by Gasteiger charge is -2.06. The van der Waals surface area contributed by atoms with Crippen LogP contribution in [0.3, 0.4) is 0 Å². The molecule has 0 aliphatic carbocycles. The number of carboxylic acids is 1. The third kappa shape index (κ3) is 3.96. The van der Waals surface area contributed by atoms with Crippen LogP contribution < -0.4 is 9.47 Å². The Hall–Kier alpha value is -4.06. The Morgan fingerprint density at radius 3 is 2.10 bits per heavy atom. The Bertz CT molecular complexity index is 1120. The lowest BCUT2D eigenvalue weighted by atomic mass is 10.1. The molecular weight excluding hydrogens is 368 g/mol. The fourth-order valence-corrected chi connectivity index (χ4v) is 2.91. The van der Waals surface area contributed by atoms with Gasteiger partial charge in [-0.25, -0.2) is 9.48 Å². The zero-order valence-corrected chi connectivity index (χ0v) is 15.6. The van der Waals surface area contributed by atoms with E-state index in [9.17, 15) is 9.90 Å². The fraction of sp³-hybridized carbons (Fsp3) is 0.0435. The monoisotopic (exact) mass is 386 g/mol. The molecule has 0 saturated carbocycles. The Labute approximate surface area is 167 Å². The molecule has 0 bridgehead atoms. The number of aromatic carboxylic acids is 1. The van der Waals surface area contributed by atoms with Crippen LogP contribution in [0, 0.1) is 0 Å². The molecule has 0 spiro atoms. The average molecular weight is 386 g/mol. The summed E-state index contributed by atoms with van der Waals surface area (Å²) >= 11 is 0. The van der Waals surface area contributed by atoms with Crippen molar-refractivity contribution >= 4 is 5.97 Å². The lowest BCUT2D eigenvalue weighted by molar-refractivity contribution is 0.0687. The summed E-state index contributed by atoms with van der Waals surface area (Å²) in [6, 6.07) is 25.5. The highest BCUT2D eigenvalue weighted by atomic mass is 16.5. The molecule has 1 N–H and O–H groups in total. The molecule has 29 heavy (non-hydrogen) atoms. The summed E-state index contributed by atoms with van der Waals surface area (Å²) in [5.41, 5.74) is 2.07. The first-order valence-corrected chi connectivity index (χ1v) is 8.95. The topological polar surface area (TPSA) is 73.6 Å². The van der Waals surface area contributed by atoms with Crippen molar-refractivity contribution in [1.82, 2.24) is 9.78 Å². The van der Waals surface area contributed by atoms with E-state index < -0.39 is 5.97 Å². The van der Waals surface area contributed by atoms with E-state index in [2.05, 4.69) is 5.10 Å². The van der Waals surface area contributed by atoms with Crippen LogP contribution in [0.4, 0.5) is 0 Å². The van der Waals surface area contributed by atoms with E-state index in [-0.39, 0.29) is 5.69 Å². The summed E-state index contributed by atoms with van der Waals surface area (Å²) in [4.78, 5) is 11.7. The van der Waals surface area contributed by atoms with Crippen molar-refractivity contribution in [2.45, 2.75) is 0 Å². The van der Waals surface area contributed by atoms with Crippen molar-refractivity contribution in [3.8, 4) is 34.2 Å². The Morgan fingerprint density at radius 1 is 0.862 bits per heavy atom. The molecule has 0 aliphatic heterocycles. The summed E-state index contributed by atoms with van der Waals surface area (Å²) in [6.45, 7) is 0. The van der Waals surface area contributed by atoms with Gasteiger partial charge in [-0.3, -0.25) is 0 Å². The molecule has 4 rings (SSSR count). The molecule has 4 aromatic rings. The number of ether oxygens (including phenoxy) is 2. The third-order valence-corrected chi connectivity index (χ3v) is 4.37. The minimum Gasteiger partial charge on any atom is -0.497 e. The minimum absolute atomic E-state index is 0.0785. The van der Waals surface area contributed by atoms with Gasteiger partial charge in [0.1, 0.15) is 17.2 Å². The van der Waals surface area contributed by atoms with Crippen LogP contribution >= 0.6 is 0 Å². The second-order valence-electron chi connectivity index (χ2n) is 6.27. The van der Waals surface area contributed by atoms with E-state index in [4.69, 9.17) is 9.47 Å². The van der Waals surface area contributed by atoms with Gasteiger partial charge < -0.3 is 14.6 Å². The number of aromatic nitrogens is 2. The van der Waals surface area contributed by atoms with E-state index >= 15 is 0 Å². The number of hydrogen-bond donors (Lipinski definition) is 1. The molecule has 0 amide bonds. The van der Waals surface area contributed by atoms with Crippen LogP contribution in [0.2, 0.25) is 0 Å². The molecule has 3 aromatic carbocycles. The van der Waals surface area contributed by atoms with Gasteiger partial charge in [0.2, 0.25) is 0 Å². The maximum absolute atomic E-state index is 11.7. The predicted octanol–water partition coefficient (Wildman–Crippen LogP) is 5.04. The molecule has 0 radical (unpaired) electrons. The maximum Gasteiger partial charge on any atom is 0.354 e. The van der Waals surface area contributed by atoms with Gasteiger partial charge in [0.15, 0.2) is 5.69 Å². The van der Waals surface area contributed by atoms with Gasteiger partial charge in [0, 0.05) is 5.56 Å². The molecular formula is C23H18N2O4. The molecule has 0 atom stereocenters. The van der Waals surface area contributed by atoms with Crippen molar-refractivity contribution in [1.29, 1.82) is 0 Å². The van der Waals surface area contributed by atoms with Crippen molar-refractivity contribution in [2.75, 3.05) is 7.11 Å². The van der Waals surface area contributed by atoms with Crippen LogP contribution in [0.15, 0.2) is 84.9 Å². The van der Waals surface area contributed by atoms with Crippen LogP contribution in [0.25, 0.3) is 16.9 Å². The Balaban J connectivity index is 1.63. The van der Waals surface area contributed by atoms with Crippen molar-refractivity contribution in [3.63, 3.8) is 0 Å². The lowest BCUT2D eigenvalue weighted by Crippen LogP contribution is -2.07. The molecule has 0 saturated heterocycles. The van der Waals surface area contributed by atoms with E-state index in [0.29, 0.717) is 22.9 Å². The summed E-state index contributed by atoms with van der Waals surface area (Å²) in [5, 5.41) is 14.1. The Kier molecular flexibility index (Phi) is 4.99. The van der Waals surface area contributed by atoms with Gasteiger partial charge in [-0.15, -0.1) is 0 Å². The molecule has 1 heterocycles. The summed E-state index contributed by atoms with van der Waals surface area (Å²) in [5.74, 6) is 1.07. The predicted molar refractivity (Wildman–Crippen MR) is 109 cm³/mol. The molecule has 144 valence electrons. The van der Waals surface area contributed by atoms with Crippen LogP contribution in [0.1, 0.15) is 10.5 Å². The number of carbonyl (C=O) groups is 1. The number of hydrogen-bond acceptors (Lipinski definition) is 4. The maximum atomic E-state index is 11.7. The van der Waals surface area contributed by atoms with Gasteiger partial charge in [-0.2, -0.15) is 5.10 Å². The zero-order valence-electron chi connectivity index (χ0n) is 15.6. The number of rotatable bonds is 6. The van der Waals surface area contributed by atoms with Crippen molar-refractivity contribution in [3.05, 3.63) is 90.6 Å². The van der Waals surface area contributed by atoms with Gasteiger partial charge in [-0.1, -0.05) is 18.2 Å². The summed E-state index contributed by atoms with van der Waals surface area (Å²) < 4.78 is 12.4. The number of carboxylic acid groups (broad SMARTS) is 1. The normalized spacial score (nSPS) is 10.5. The molecule has 6 nitrogen and oxygen atoms in total. The highest BCUT2D eigenvalue weighted by Gasteiger charge is 2.17. The van der Waals surface area contributed by atoms with E-state index in [1.807, 2.05) is 54.6 Å². The molecule has 6 heteroatoms. The van der Waals surface area contributed by atoms with Crippen molar-refractivity contribution < 1.29 is 19.4 Å². The van der Waals surface area contributed by atoms with E-state index in [1.165, 1.54) is 4.68 Å². The van der Waals surface area contributed by atoms with Crippen LogP contribution in [0.5, 0.6) is 17.2 Å². The first-order chi connectivity index (χ1) is 14.1. The molecule has 0 fully saturated rings. The third-order valence-electron chi connectivity index (χ3n) is 4.37. The second kappa shape index (κ2) is 7.90. The number of para-hydroxylation sites is 1. The van der Waals surface area contributed by atoms with Crippen molar-refractivity contribution in [2.24, 2.45) is 0 Å². The van der Waals surface area contributed by atoms with Gasteiger partial charge in [-0.05, 0) is 66.7 Å². The summed E-state index contributed by atoms with van der Waals surface area (Å²) in [6.07, 6.45) is 0. The minimum atomic E-state index is -1.05. The zero-order chi connectivity index (χ0) is 20.2. The van der Waals surface area contributed by atoms with Gasteiger partial charge in [0.25, 0.3) is 0 Å². The van der Waals surface area contributed by atoms with Crippen LogP contribution in [-0.4, -0.2) is 28.0 Å². The first-order valence-electron chi connectivity index (χ1n) is 8.95. The van der Waals surface area contributed by atoms with Gasteiger partial charge >= 0.3 is 5.97 Å². The average Bonchev–Trinajstić information content (AvgIpc) is 3.21. The Morgan fingerprint density at radius 2 is 1.48 bits per heavy atom. The molecule has 0 unspecified atom stereocenters. The first kappa shape index (κ1) is 18.3. The highest BCUT2D eigenvalue weighted by molar-refractivity contribution is 5.88. The SMILES string of the molecule is COc1ccc(-n2nc(-c3ccc(Oc4ccccc4)cc3)cc2C(=O)O)cc1. The number of methoxy groups -OCH3 is 1. The van der Waals surface area contributed by atoms with Crippen LogP contribution in [-0.2, 0) is 0 Å². The van der Waals surface area contributed by atoms with Gasteiger partial charge in [0.05, 0.1) is 18.5 Å². The number of benzene rings is 3. The van der Waals surface area contributed by atoms with E-state index in [1.54, 1.807) is 37.4 Å².